The van der Waals surface area contributed by atoms with Crippen LogP contribution in [-0.4, -0.2) is 26.8 Å². The molecule has 0 aliphatic rings. The van der Waals surface area contributed by atoms with Crippen LogP contribution in [0, 0.1) is 0 Å². The predicted octanol–water partition coefficient (Wildman–Crippen LogP) is 1.94. The highest BCUT2D eigenvalue weighted by atomic mass is 32.1. The zero-order valence-corrected chi connectivity index (χ0v) is 9.14. The number of ether oxygens (including phenoxy) is 3. The minimum absolute atomic E-state index is 0.401. The van der Waals surface area contributed by atoms with Crippen LogP contribution in [0.15, 0.2) is 6.07 Å². The summed E-state index contributed by atoms with van der Waals surface area (Å²) in [6.45, 7) is 2.36. The third-order valence-corrected chi connectivity index (χ3v) is 2.60. The van der Waals surface area contributed by atoms with Crippen molar-refractivity contribution in [3.05, 3.63) is 10.9 Å². The van der Waals surface area contributed by atoms with E-state index in [1.807, 2.05) is 6.92 Å². The van der Waals surface area contributed by atoms with E-state index in [0.717, 1.165) is 0 Å². The number of hydrogen-bond acceptors (Lipinski definition) is 5. The van der Waals surface area contributed by atoms with Crippen molar-refractivity contribution in [1.82, 2.24) is 0 Å². The molecule has 0 unspecified atom stereocenters. The Morgan fingerprint density at radius 2 is 2.21 bits per heavy atom. The lowest BCUT2D eigenvalue weighted by atomic mass is 10.4. The largest absolute Gasteiger partial charge is 0.492 e. The van der Waals surface area contributed by atoms with Crippen LogP contribution in [0.25, 0.3) is 0 Å². The topological polar surface area (TPSA) is 44.8 Å². The highest BCUT2D eigenvalue weighted by Gasteiger charge is 2.18. The Bertz CT molecular complexity index is 319. The van der Waals surface area contributed by atoms with Gasteiger partial charge in [0.25, 0.3) is 0 Å². The van der Waals surface area contributed by atoms with Gasteiger partial charge in [-0.15, -0.1) is 0 Å². The second-order valence-corrected chi connectivity index (χ2v) is 3.40. The molecule has 0 fully saturated rings. The van der Waals surface area contributed by atoms with Crippen molar-refractivity contribution in [3.8, 4) is 10.8 Å². The molecule has 1 rings (SSSR count). The molecule has 0 radical (unpaired) electrons. The zero-order chi connectivity index (χ0) is 10.6. The van der Waals surface area contributed by atoms with E-state index >= 15 is 0 Å². The molecule has 4 nitrogen and oxygen atoms in total. The number of esters is 1. The monoisotopic (exact) mass is 216 g/mol. The summed E-state index contributed by atoms with van der Waals surface area (Å²) >= 11 is 1.21. The summed E-state index contributed by atoms with van der Waals surface area (Å²) in [7, 11) is 2.88. The van der Waals surface area contributed by atoms with Gasteiger partial charge in [-0.1, -0.05) is 11.3 Å². The number of methoxy groups -OCH3 is 2. The van der Waals surface area contributed by atoms with E-state index in [2.05, 4.69) is 4.74 Å². The smallest absolute Gasteiger partial charge is 0.352 e. The number of rotatable bonds is 4. The van der Waals surface area contributed by atoms with E-state index in [0.29, 0.717) is 22.3 Å². The van der Waals surface area contributed by atoms with Gasteiger partial charge in [-0.05, 0) is 6.92 Å². The number of carbonyl (C=O) groups is 1. The first-order valence-corrected chi connectivity index (χ1v) is 4.93. The number of hydrogen-bond donors (Lipinski definition) is 0. The molecule has 0 bridgehead atoms. The van der Waals surface area contributed by atoms with Gasteiger partial charge in [-0.25, -0.2) is 4.79 Å². The zero-order valence-electron chi connectivity index (χ0n) is 8.33. The maximum atomic E-state index is 11.3. The Labute approximate surface area is 86.4 Å². The van der Waals surface area contributed by atoms with Crippen molar-refractivity contribution < 1.29 is 19.0 Å². The average molecular weight is 216 g/mol. The van der Waals surface area contributed by atoms with Crippen LogP contribution in [0.4, 0.5) is 0 Å². The molecule has 0 spiro atoms. The van der Waals surface area contributed by atoms with Crippen LogP contribution in [-0.2, 0) is 4.74 Å². The second-order valence-electron chi connectivity index (χ2n) is 2.39. The first kappa shape index (κ1) is 10.8. The fourth-order valence-electron chi connectivity index (χ4n) is 0.951. The SMILES string of the molecule is CCOc1cc(OC)sc1C(=O)OC. The van der Waals surface area contributed by atoms with Crippen LogP contribution in [0.2, 0.25) is 0 Å². The molecule has 0 aromatic carbocycles. The summed E-state index contributed by atoms with van der Waals surface area (Å²) in [6, 6.07) is 1.68. The first-order chi connectivity index (χ1) is 6.72. The van der Waals surface area contributed by atoms with Gasteiger partial charge in [0.2, 0.25) is 0 Å². The molecule has 1 aromatic rings. The Balaban J connectivity index is 2.99. The summed E-state index contributed by atoms with van der Waals surface area (Å²) < 4.78 is 14.9. The minimum Gasteiger partial charge on any atom is -0.492 e. The summed E-state index contributed by atoms with van der Waals surface area (Å²) in [6.07, 6.45) is 0. The molecule has 5 heteroatoms. The molecular formula is C9H12O4S. The summed E-state index contributed by atoms with van der Waals surface area (Å²) in [5, 5.41) is 0.633. The number of thiophene rings is 1. The standard InChI is InChI=1S/C9H12O4S/c1-4-13-6-5-7(11-2)14-8(6)9(10)12-3/h5H,4H2,1-3H3. The molecule has 1 heterocycles. The average Bonchev–Trinajstić information content (AvgIpc) is 2.61. The Kier molecular flexibility index (Phi) is 3.76. The third kappa shape index (κ3) is 2.17. The van der Waals surface area contributed by atoms with Crippen molar-refractivity contribution in [2.45, 2.75) is 6.92 Å². The van der Waals surface area contributed by atoms with Crippen LogP contribution in [0.1, 0.15) is 16.6 Å². The van der Waals surface area contributed by atoms with E-state index in [1.165, 1.54) is 18.4 Å². The van der Waals surface area contributed by atoms with E-state index in [4.69, 9.17) is 9.47 Å². The van der Waals surface area contributed by atoms with Gasteiger partial charge in [0, 0.05) is 6.07 Å². The Morgan fingerprint density at radius 1 is 1.50 bits per heavy atom. The molecule has 0 saturated carbocycles. The summed E-state index contributed by atoms with van der Waals surface area (Å²) in [5.74, 6) is 0.114. The fourth-order valence-corrected chi connectivity index (χ4v) is 1.79. The second kappa shape index (κ2) is 4.85. The van der Waals surface area contributed by atoms with Crippen LogP contribution in [0.3, 0.4) is 0 Å². The lowest BCUT2D eigenvalue weighted by Crippen LogP contribution is -2.01. The molecule has 14 heavy (non-hydrogen) atoms. The lowest BCUT2D eigenvalue weighted by Gasteiger charge is -2.01. The van der Waals surface area contributed by atoms with Crippen molar-refractivity contribution in [3.63, 3.8) is 0 Å². The Morgan fingerprint density at radius 3 is 2.71 bits per heavy atom. The minimum atomic E-state index is -0.401. The van der Waals surface area contributed by atoms with Gasteiger partial charge in [0.1, 0.15) is 5.75 Å². The van der Waals surface area contributed by atoms with Gasteiger partial charge >= 0.3 is 5.97 Å². The fraction of sp³-hybridized carbons (Fsp3) is 0.444. The highest BCUT2D eigenvalue weighted by Crippen LogP contribution is 2.35. The summed E-state index contributed by atoms with van der Waals surface area (Å²) in [5.41, 5.74) is 0. The van der Waals surface area contributed by atoms with E-state index in [9.17, 15) is 4.79 Å². The lowest BCUT2D eigenvalue weighted by molar-refractivity contribution is 0.0602. The van der Waals surface area contributed by atoms with E-state index in [-0.39, 0.29) is 0 Å². The quantitative estimate of drug-likeness (QED) is 0.721. The molecule has 1 aromatic heterocycles. The van der Waals surface area contributed by atoms with Crippen molar-refractivity contribution >= 4 is 17.3 Å². The highest BCUT2D eigenvalue weighted by molar-refractivity contribution is 7.16. The molecular weight excluding hydrogens is 204 g/mol. The maximum absolute atomic E-state index is 11.3. The summed E-state index contributed by atoms with van der Waals surface area (Å²) in [4.78, 5) is 11.7. The van der Waals surface area contributed by atoms with Gasteiger partial charge in [-0.2, -0.15) is 0 Å². The predicted molar refractivity (Wildman–Crippen MR) is 53.4 cm³/mol. The normalized spacial score (nSPS) is 9.64. The van der Waals surface area contributed by atoms with E-state index in [1.54, 1.807) is 13.2 Å². The molecule has 0 aliphatic heterocycles. The molecule has 0 N–H and O–H groups in total. The van der Waals surface area contributed by atoms with Crippen molar-refractivity contribution in [1.29, 1.82) is 0 Å². The van der Waals surface area contributed by atoms with Gasteiger partial charge < -0.3 is 14.2 Å². The van der Waals surface area contributed by atoms with E-state index < -0.39 is 5.97 Å². The van der Waals surface area contributed by atoms with Gasteiger partial charge in [-0.3, -0.25) is 0 Å². The molecule has 0 aliphatic carbocycles. The molecule has 0 amide bonds. The first-order valence-electron chi connectivity index (χ1n) is 4.11. The van der Waals surface area contributed by atoms with Crippen molar-refractivity contribution in [2.24, 2.45) is 0 Å². The molecule has 0 atom stereocenters. The molecule has 0 saturated heterocycles. The van der Waals surface area contributed by atoms with Crippen LogP contribution < -0.4 is 9.47 Å². The third-order valence-electron chi connectivity index (χ3n) is 1.55. The van der Waals surface area contributed by atoms with Crippen LogP contribution in [0.5, 0.6) is 10.8 Å². The van der Waals surface area contributed by atoms with Gasteiger partial charge in [0.15, 0.2) is 9.94 Å². The molecule has 78 valence electrons. The van der Waals surface area contributed by atoms with Crippen molar-refractivity contribution in [2.75, 3.05) is 20.8 Å². The number of carbonyl (C=O) groups excluding carboxylic acids is 1. The van der Waals surface area contributed by atoms with Crippen LogP contribution >= 0.6 is 11.3 Å². The van der Waals surface area contributed by atoms with Gasteiger partial charge in [0.05, 0.1) is 20.8 Å². The Hall–Kier alpha value is -1.23. The maximum Gasteiger partial charge on any atom is 0.352 e.